The molecule has 1 amide bonds. The van der Waals surface area contributed by atoms with Crippen LogP contribution in [0.1, 0.15) is 23.6 Å². The van der Waals surface area contributed by atoms with Gasteiger partial charge in [0.05, 0.1) is 5.69 Å². The number of fused-ring (bicyclic) bond motifs is 3. The number of carbonyl (C=O) groups is 1. The molecule has 0 radical (unpaired) electrons. The van der Waals surface area contributed by atoms with E-state index in [0.717, 1.165) is 17.7 Å². The fraction of sp³-hybridized carbons (Fsp3) is 0.192. The molecule has 1 heterocycles. The maximum absolute atomic E-state index is 12.4. The molecule has 0 saturated carbocycles. The summed E-state index contributed by atoms with van der Waals surface area (Å²) in [5, 5.41) is 4.64. The molecule has 0 saturated heterocycles. The van der Waals surface area contributed by atoms with Crippen LogP contribution in [0.4, 0.5) is 10.5 Å². The lowest BCUT2D eigenvalue weighted by Crippen LogP contribution is -2.50. The van der Waals surface area contributed by atoms with E-state index in [2.05, 4.69) is 41.7 Å². The number of hydroxylamine groups is 1. The van der Waals surface area contributed by atoms with Gasteiger partial charge in [-0.3, -0.25) is 10.2 Å². The fourth-order valence-corrected chi connectivity index (χ4v) is 4.10. The molecule has 0 aromatic heterocycles. The predicted molar refractivity (Wildman–Crippen MR) is 120 cm³/mol. The van der Waals surface area contributed by atoms with Crippen molar-refractivity contribution in [3.8, 4) is 11.1 Å². The smallest absolute Gasteiger partial charge is 0.409 e. The van der Waals surface area contributed by atoms with Crippen LogP contribution in [0.2, 0.25) is 0 Å². The molecule has 0 bridgehead atoms. The summed E-state index contributed by atoms with van der Waals surface area (Å²) in [5.41, 5.74) is 6.98. The fourth-order valence-electron chi connectivity index (χ4n) is 4.10. The van der Waals surface area contributed by atoms with Crippen molar-refractivity contribution in [3.05, 3.63) is 102 Å². The minimum Gasteiger partial charge on any atom is -0.445 e. The zero-order chi connectivity index (χ0) is 21.2. The number of alkyl carbamates (subject to hydrolysis) is 1. The first-order valence-electron chi connectivity index (χ1n) is 10.5. The SMILES string of the molecule is CC1C=CC(NC(=O)OCc2ccccc2)N(c2ccc3c(c2)Cc2ccccc2-3)O1. The zero-order valence-electron chi connectivity index (χ0n) is 17.3. The second-order valence-electron chi connectivity index (χ2n) is 7.85. The van der Waals surface area contributed by atoms with Crippen LogP contribution in [0.5, 0.6) is 0 Å². The molecule has 0 fully saturated rings. The van der Waals surface area contributed by atoms with Crippen molar-refractivity contribution in [2.75, 3.05) is 5.06 Å². The normalized spacial score (nSPS) is 18.9. The summed E-state index contributed by atoms with van der Waals surface area (Å²) in [6, 6.07) is 24.4. The lowest BCUT2D eigenvalue weighted by atomic mass is 10.1. The topological polar surface area (TPSA) is 50.8 Å². The Labute approximate surface area is 181 Å². The summed E-state index contributed by atoms with van der Waals surface area (Å²) in [6.07, 6.45) is 3.72. The Kier molecular flexibility index (Phi) is 5.18. The third kappa shape index (κ3) is 4.05. The van der Waals surface area contributed by atoms with E-state index < -0.39 is 12.3 Å². The molecule has 5 rings (SSSR count). The van der Waals surface area contributed by atoms with Gasteiger partial charge < -0.3 is 4.74 Å². The van der Waals surface area contributed by atoms with Crippen molar-refractivity contribution in [3.63, 3.8) is 0 Å². The lowest BCUT2D eigenvalue weighted by molar-refractivity contribution is 0.0430. The average molecular weight is 412 g/mol. The highest BCUT2D eigenvalue weighted by atomic mass is 16.7. The Morgan fingerprint density at radius 1 is 1.00 bits per heavy atom. The second-order valence-corrected chi connectivity index (χ2v) is 7.85. The van der Waals surface area contributed by atoms with E-state index >= 15 is 0 Å². The number of rotatable bonds is 4. The second kappa shape index (κ2) is 8.28. The molecule has 0 spiro atoms. The number of nitrogens with one attached hydrogen (secondary N) is 1. The summed E-state index contributed by atoms with van der Waals surface area (Å²) in [7, 11) is 0. The molecular weight excluding hydrogens is 388 g/mol. The number of nitrogens with zero attached hydrogens (tertiary/aromatic N) is 1. The van der Waals surface area contributed by atoms with Gasteiger partial charge in [-0.15, -0.1) is 0 Å². The number of benzene rings is 3. The van der Waals surface area contributed by atoms with Crippen molar-refractivity contribution in [2.45, 2.75) is 32.2 Å². The van der Waals surface area contributed by atoms with E-state index in [0.29, 0.717) is 0 Å². The Morgan fingerprint density at radius 2 is 1.77 bits per heavy atom. The third-order valence-electron chi connectivity index (χ3n) is 5.61. The first-order chi connectivity index (χ1) is 15.2. The minimum atomic E-state index is -0.491. The number of carbonyl (C=O) groups excluding carboxylic acids is 1. The molecular formula is C26H24N2O3. The molecule has 5 heteroatoms. The number of ether oxygens (including phenoxy) is 1. The van der Waals surface area contributed by atoms with E-state index in [-0.39, 0.29) is 12.7 Å². The van der Waals surface area contributed by atoms with E-state index in [1.54, 1.807) is 5.06 Å². The summed E-state index contributed by atoms with van der Waals surface area (Å²) >= 11 is 0. The van der Waals surface area contributed by atoms with Crippen LogP contribution in [0.25, 0.3) is 11.1 Å². The lowest BCUT2D eigenvalue weighted by Gasteiger charge is -2.35. The van der Waals surface area contributed by atoms with Gasteiger partial charge in [0.15, 0.2) is 0 Å². The predicted octanol–water partition coefficient (Wildman–Crippen LogP) is 5.21. The third-order valence-corrected chi connectivity index (χ3v) is 5.61. The maximum Gasteiger partial charge on any atom is 0.409 e. The Bertz CT molecular complexity index is 1130. The maximum atomic E-state index is 12.4. The molecule has 3 aromatic carbocycles. The number of anilines is 1. The van der Waals surface area contributed by atoms with Crippen LogP contribution < -0.4 is 10.4 Å². The molecule has 3 aromatic rings. The highest BCUT2D eigenvalue weighted by molar-refractivity contribution is 5.79. The molecule has 156 valence electrons. The van der Waals surface area contributed by atoms with E-state index in [9.17, 15) is 4.79 Å². The molecule has 1 N–H and O–H groups in total. The van der Waals surface area contributed by atoms with Crippen LogP contribution in [-0.4, -0.2) is 18.4 Å². The van der Waals surface area contributed by atoms with Gasteiger partial charge in [0.1, 0.15) is 18.9 Å². The van der Waals surface area contributed by atoms with E-state index in [1.165, 1.54) is 22.3 Å². The average Bonchev–Trinajstić information content (AvgIpc) is 3.17. The van der Waals surface area contributed by atoms with Gasteiger partial charge in [-0.05, 0) is 59.4 Å². The molecule has 1 aliphatic carbocycles. The Hall–Kier alpha value is -3.57. The Balaban J connectivity index is 1.32. The van der Waals surface area contributed by atoms with Gasteiger partial charge in [0.2, 0.25) is 0 Å². The highest BCUT2D eigenvalue weighted by Gasteiger charge is 2.27. The standard InChI is InChI=1S/C26H24N2O3/c1-18-11-14-25(27-26(29)30-17-19-7-3-2-4-8-19)28(31-18)22-12-13-24-21(16-22)15-20-9-5-6-10-23(20)24/h2-14,16,18,25H,15,17H2,1H3,(H,27,29). The van der Waals surface area contributed by atoms with Gasteiger partial charge >= 0.3 is 6.09 Å². The van der Waals surface area contributed by atoms with E-state index in [4.69, 9.17) is 9.57 Å². The Morgan fingerprint density at radius 3 is 2.65 bits per heavy atom. The first-order valence-corrected chi connectivity index (χ1v) is 10.5. The zero-order valence-corrected chi connectivity index (χ0v) is 17.3. The van der Waals surface area contributed by atoms with Crippen molar-refractivity contribution < 1.29 is 14.4 Å². The summed E-state index contributed by atoms with van der Waals surface area (Å²) in [6.45, 7) is 2.19. The van der Waals surface area contributed by atoms with Gasteiger partial charge in [0.25, 0.3) is 0 Å². The van der Waals surface area contributed by atoms with Crippen molar-refractivity contribution in [1.82, 2.24) is 5.32 Å². The molecule has 2 unspecified atom stereocenters. The van der Waals surface area contributed by atoms with Gasteiger partial charge in [-0.25, -0.2) is 9.86 Å². The van der Waals surface area contributed by atoms with Crippen molar-refractivity contribution >= 4 is 11.8 Å². The van der Waals surface area contributed by atoms with Crippen molar-refractivity contribution in [1.29, 1.82) is 0 Å². The van der Waals surface area contributed by atoms with Crippen LogP contribution in [0.15, 0.2) is 84.9 Å². The van der Waals surface area contributed by atoms with Gasteiger partial charge in [-0.1, -0.05) is 66.7 Å². The molecule has 31 heavy (non-hydrogen) atoms. The van der Waals surface area contributed by atoms with Crippen LogP contribution in [0, 0.1) is 0 Å². The quantitative estimate of drug-likeness (QED) is 0.468. The highest BCUT2D eigenvalue weighted by Crippen LogP contribution is 2.38. The van der Waals surface area contributed by atoms with E-state index in [1.807, 2.05) is 55.5 Å². The number of hydrogen-bond acceptors (Lipinski definition) is 4. The van der Waals surface area contributed by atoms with Crippen LogP contribution in [-0.2, 0) is 22.6 Å². The minimum absolute atomic E-state index is 0.0937. The largest absolute Gasteiger partial charge is 0.445 e. The molecule has 5 nitrogen and oxygen atoms in total. The van der Waals surface area contributed by atoms with Crippen LogP contribution in [0.3, 0.4) is 0 Å². The summed E-state index contributed by atoms with van der Waals surface area (Å²) in [4.78, 5) is 18.5. The van der Waals surface area contributed by atoms with Crippen molar-refractivity contribution in [2.24, 2.45) is 0 Å². The monoisotopic (exact) mass is 412 g/mol. The number of amides is 1. The molecule has 1 aliphatic heterocycles. The first kappa shape index (κ1) is 19.4. The number of hydrogen-bond donors (Lipinski definition) is 1. The molecule has 2 atom stereocenters. The molecule has 2 aliphatic rings. The van der Waals surface area contributed by atoms with Gasteiger partial charge in [-0.2, -0.15) is 0 Å². The van der Waals surface area contributed by atoms with Gasteiger partial charge in [0, 0.05) is 0 Å². The summed E-state index contributed by atoms with van der Waals surface area (Å²) in [5.74, 6) is 0. The summed E-state index contributed by atoms with van der Waals surface area (Å²) < 4.78 is 5.39. The van der Waals surface area contributed by atoms with Crippen LogP contribution >= 0.6 is 0 Å².